The first-order valence-corrected chi connectivity index (χ1v) is 7.75. The van der Waals surface area contributed by atoms with Crippen LogP contribution in [0, 0.1) is 0 Å². The summed E-state index contributed by atoms with van der Waals surface area (Å²) in [5.41, 5.74) is 3.00. The van der Waals surface area contributed by atoms with Crippen LogP contribution in [-0.2, 0) is 37.1 Å². The zero-order chi connectivity index (χ0) is 16.4. The molecule has 0 saturated heterocycles. The van der Waals surface area contributed by atoms with Crippen molar-refractivity contribution in [1.29, 1.82) is 0 Å². The molecule has 128 valence electrons. The third-order valence-corrected chi connectivity index (χ3v) is 4.26. The summed E-state index contributed by atoms with van der Waals surface area (Å²) in [4.78, 5) is 38.1. The number of benzene rings is 1. The maximum atomic E-state index is 12.4. The number of aromatic nitrogens is 2. The third kappa shape index (κ3) is 3.31. The number of aldehydes is 1. The molecular formula is C16H19N4O3W-. The quantitative estimate of drug-likeness (QED) is 0.612. The van der Waals surface area contributed by atoms with E-state index in [-0.39, 0.29) is 45.5 Å². The minimum atomic E-state index is -0.665. The van der Waals surface area contributed by atoms with E-state index >= 15 is 0 Å². The van der Waals surface area contributed by atoms with E-state index in [0.29, 0.717) is 5.52 Å². The molecule has 1 aromatic heterocycles. The number of hydrogen-bond donors (Lipinski definition) is 2. The first-order valence-electron chi connectivity index (χ1n) is 7.75. The molecule has 0 radical (unpaired) electrons. The van der Waals surface area contributed by atoms with Crippen molar-refractivity contribution in [2.45, 2.75) is 31.7 Å². The fourth-order valence-electron chi connectivity index (χ4n) is 3.11. The van der Waals surface area contributed by atoms with Crippen molar-refractivity contribution >= 4 is 28.9 Å². The van der Waals surface area contributed by atoms with Crippen molar-refractivity contribution in [2.75, 3.05) is 13.6 Å². The molecule has 2 heterocycles. The number of hydrogen-bond acceptors (Lipinski definition) is 3. The average Bonchev–Trinajstić information content (AvgIpc) is 2.92. The Balaban J connectivity index is 0.00000208. The summed E-state index contributed by atoms with van der Waals surface area (Å²) in [7, 11) is 1.55. The normalized spacial score (nSPS) is 14.2. The molecule has 8 heteroatoms. The number of aromatic amines is 1. The van der Waals surface area contributed by atoms with Gasteiger partial charge in [0.1, 0.15) is 6.29 Å². The molecule has 0 fully saturated rings. The number of amides is 1. The third-order valence-electron chi connectivity index (χ3n) is 4.26. The Bertz CT molecular complexity index is 811. The van der Waals surface area contributed by atoms with E-state index in [1.807, 2.05) is 12.1 Å². The number of nitrogens with one attached hydrogen (secondary N) is 2. The molecule has 0 spiro atoms. The summed E-state index contributed by atoms with van der Waals surface area (Å²) < 4.78 is 1.48. The van der Waals surface area contributed by atoms with Crippen LogP contribution < -0.4 is 11.0 Å². The molecule has 3 rings (SSSR count). The van der Waals surface area contributed by atoms with Crippen LogP contribution in [0.3, 0.4) is 0 Å². The van der Waals surface area contributed by atoms with Gasteiger partial charge in [-0.05, 0) is 24.5 Å². The zero-order valence-corrected chi connectivity index (χ0v) is 16.3. The minimum absolute atomic E-state index is 0. The van der Waals surface area contributed by atoms with Gasteiger partial charge in [-0.1, -0.05) is 12.5 Å². The molecule has 1 aliphatic heterocycles. The Hall–Kier alpha value is -1.88. The molecule has 24 heavy (non-hydrogen) atoms. The molecule has 0 aliphatic carbocycles. The van der Waals surface area contributed by atoms with Gasteiger partial charge in [-0.2, -0.15) is 0 Å². The smallest absolute Gasteiger partial charge is 0.327 e. The van der Waals surface area contributed by atoms with E-state index in [1.54, 1.807) is 7.05 Å². The van der Waals surface area contributed by atoms with Crippen LogP contribution >= 0.6 is 0 Å². The molecule has 1 aromatic carbocycles. The van der Waals surface area contributed by atoms with E-state index in [1.165, 1.54) is 4.57 Å². The van der Waals surface area contributed by atoms with E-state index in [4.69, 9.17) is 0 Å². The number of rotatable bonds is 5. The molecule has 0 bridgehead atoms. The molecule has 1 atom stereocenters. The maximum absolute atomic E-state index is 12.4. The van der Waals surface area contributed by atoms with Gasteiger partial charge in [-0.3, -0.25) is 9.36 Å². The van der Waals surface area contributed by atoms with Gasteiger partial charge in [-0.25, -0.2) is 4.79 Å². The Labute approximate surface area is 153 Å². The SMILES string of the molecule is CNC(=O)CCC(C=O)n1c(=O)[nH]c2ccc3c(c21)CCC[N-]3.[W]. The molecule has 2 aromatic rings. The van der Waals surface area contributed by atoms with Gasteiger partial charge >= 0.3 is 5.69 Å². The molecule has 1 amide bonds. The summed E-state index contributed by atoms with van der Waals surface area (Å²) in [6, 6.07) is 3.06. The Morgan fingerprint density at radius 2 is 2.29 bits per heavy atom. The van der Waals surface area contributed by atoms with Crippen LogP contribution in [0.25, 0.3) is 16.4 Å². The Morgan fingerprint density at radius 1 is 1.50 bits per heavy atom. The van der Waals surface area contributed by atoms with Gasteiger partial charge in [0.15, 0.2) is 0 Å². The van der Waals surface area contributed by atoms with Crippen molar-refractivity contribution in [2.24, 2.45) is 0 Å². The van der Waals surface area contributed by atoms with Crippen molar-refractivity contribution in [1.82, 2.24) is 14.9 Å². The summed E-state index contributed by atoms with van der Waals surface area (Å²) >= 11 is 0. The second-order valence-corrected chi connectivity index (χ2v) is 5.66. The summed E-state index contributed by atoms with van der Waals surface area (Å²) in [5.74, 6) is -0.151. The topological polar surface area (TPSA) is 98.1 Å². The van der Waals surface area contributed by atoms with Crippen LogP contribution in [0.15, 0.2) is 16.9 Å². The number of fused-ring (bicyclic) bond motifs is 3. The van der Waals surface area contributed by atoms with Crippen molar-refractivity contribution < 1.29 is 30.7 Å². The zero-order valence-electron chi connectivity index (χ0n) is 13.4. The van der Waals surface area contributed by atoms with Gasteiger partial charge in [-0.15, -0.1) is 12.2 Å². The average molecular weight is 499 g/mol. The van der Waals surface area contributed by atoms with Gasteiger partial charge in [0, 0.05) is 34.5 Å². The van der Waals surface area contributed by atoms with Crippen molar-refractivity contribution in [3.05, 3.63) is 33.5 Å². The Kier molecular flexibility index (Phi) is 5.99. The number of nitrogens with zero attached hydrogens (tertiary/aromatic N) is 2. The van der Waals surface area contributed by atoms with Crippen LogP contribution in [-0.4, -0.2) is 35.3 Å². The first kappa shape index (κ1) is 18.5. The first-order chi connectivity index (χ1) is 11.2. The molecule has 2 N–H and O–H groups in total. The van der Waals surface area contributed by atoms with E-state index in [2.05, 4.69) is 15.6 Å². The fourth-order valence-corrected chi connectivity index (χ4v) is 3.11. The van der Waals surface area contributed by atoms with Crippen LogP contribution in [0.4, 0.5) is 5.69 Å². The molecule has 0 saturated carbocycles. The van der Waals surface area contributed by atoms with Crippen LogP contribution in [0.2, 0.25) is 0 Å². The van der Waals surface area contributed by atoms with E-state index in [0.717, 1.165) is 42.4 Å². The predicted octanol–water partition coefficient (Wildman–Crippen LogP) is 1.54. The van der Waals surface area contributed by atoms with E-state index in [9.17, 15) is 14.4 Å². The van der Waals surface area contributed by atoms with Crippen LogP contribution in [0.5, 0.6) is 0 Å². The van der Waals surface area contributed by atoms with Gasteiger partial charge < -0.3 is 20.4 Å². The van der Waals surface area contributed by atoms with Crippen molar-refractivity contribution in [3.8, 4) is 0 Å². The summed E-state index contributed by atoms with van der Waals surface area (Å²) in [6.45, 7) is 0.779. The minimum Gasteiger partial charge on any atom is -0.684 e. The van der Waals surface area contributed by atoms with E-state index < -0.39 is 6.04 Å². The summed E-state index contributed by atoms with van der Waals surface area (Å²) in [5, 5.41) is 7.01. The number of imidazole rings is 1. The molecule has 1 unspecified atom stereocenters. The van der Waals surface area contributed by atoms with Crippen molar-refractivity contribution in [3.63, 3.8) is 0 Å². The second-order valence-electron chi connectivity index (χ2n) is 5.66. The standard InChI is InChI=1S/C16H19N4O3.W/c1-17-14(22)7-4-10(9-21)20-15-11-3-2-8-18-12(11)5-6-13(15)19-16(20)23;/h5-6,9-10H,2-4,7-8H2,1H3,(H,17,22)(H,19,23);/q-1;. The molecule has 1 aliphatic rings. The van der Waals surface area contributed by atoms with Gasteiger partial charge in [0.05, 0.1) is 17.1 Å². The predicted molar refractivity (Wildman–Crippen MR) is 87.2 cm³/mol. The number of carbonyl (C=O) groups excluding carboxylic acids is 2. The fraction of sp³-hybridized carbons (Fsp3) is 0.438. The second kappa shape index (κ2) is 7.79. The molecule has 7 nitrogen and oxygen atoms in total. The van der Waals surface area contributed by atoms with Gasteiger partial charge in [0.25, 0.3) is 0 Å². The Morgan fingerprint density at radius 3 is 3.00 bits per heavy atom. The monoisotopic (exact) mass is 499 g/mol. The number of carbonyl (C=O) groups is 2. The maximum Gasteiger partial charge on any atom is 0.327 e. The largest absolute Gasteiger partial charge is 0.684 e. The molecular weight excluding hydrogens is 480 g/mol. The van der Waals surface area contributed by atoms with Gasteiger partial charge in [0.2, 0.25) is 5.91 Å². The number of H-pyrrole nitrogens is 1. The number of aryl methyl sites for hydroxylation is 1. The summed E-state index contributed by atoms with van der Waals surface area (Å²) in [6.07, 6.45) is 2.97. The van der Waals surface area contributed by atoms with Crippen LogP contribution in [0.1, 0.15) is 30.9 Å².